The molecule has 124 valence electrons. The number of carbonyl (C=O) groups excluding carboxylic acids is 1. The molecule has 1 aliphatic rings. The molecule has 1 aromatic heterocycles. The lowest BCUT2D eigenvalue weighted by molar-refractivity contribution is -0.120. The lowest BCUT2D eigenvalue weighted by Crippen LogP contribution is -2.21. The van der Waals surface area contributed by atoms with Crippen LogP contribution in [-0.2, 0) is 18.3 Å². The summed E-state index contributed by atoms with van der Waals surface area (Å²) in [5.41, 5.74) is 5.18. The number of aromatic nitrogens is 1. The highest BCUT2D eigenvalue weighted by molar-refractivity contribution is 5.97. The van der Waals surface area contributed by atoms with E-state index in [-0.39, 0.29) is 12.7 Å². The quantitative estimate of drug-likeness (QED) is 0.678. The van der Waals surface area contributed by atoms with Gasteiger partial charge in [0.1, 0.15) is 0 Å². The molecule has 1 N–H and O–H groups in total. The number of hydrazone groups is 1. The molecule has 0 spiro atoms. The Morgan fingerprint density at radius 3 is 2.96 bits per heavy atom. The van der Waals surface area contributed by atoms with E-state index in [1.165, 1.54) is 0 Å². The molecule has 1 aromatic carbocycles. The van der Waals surface area contributed by atoms with Gasteiger partial charge in [0.05, 0.1) is 12.1 Å². The van der Waals surface area contributed by atoms with Crippen LogP contribution in [0.1, 0.15) is 18.2 Å². The molecule has 6 nitrogen and oxygen atoms in total. The second-order valence-electron chi connectivity index (χ2n) is 5.52. The van der Waals surface area contributed by atoms with E-state index >= 15 is 0 Å². The predicted molar refractivity (Wildman–Crippen MR) is 92.0 cm³/mol. The fourth-order valence-corrected chi connectivity index (χ4v) is 2.31. The van der Waals surface area contributed by atoms with Crippen LogP contribution < -0.4 is 14.9 Å². The SMILES string of the molecule is CC(C=Cc1ccc2c(c1)OCO2)=NNC(=O)Cc1cccn1C. The molecule has 6 heteroatoms. The molecule has 0 unspecified atom stereocenters. The van der Waals surface area contributed by atoms with Crippen molar-refractivity contribution in [3.05, 3.63) is 53.9 Å². The number of ether oxygens (including phenoxy) is 2. The number of nitrogens with one attached hydrogen (secondary N) is 1. The lowest BCUT2D eigenvalue weighted by atomic mass is 10.2. The average Bonchev–Trinajstić information content (AvgIpc) is 3.19. The summed E-state index contributed by atoms with van der Waals surface area (Å²) in [4.78, 5) is 11.9. The Morgan fingerprint density at radius 2 is 2.17 bits per heavy atom. The summed E-state index contributed by atoms with van der Waals surface area (Å²) in [6.07, 6.45) is 5.95. The molecule has 24 heavy (non-hydrogen) atoms. The van der Waals surface area contributed by atoms with Gasteiger partial charge in [0.15, 0.2) is 11.5 Å². The first-order valence-electron chi connectivity index (χ1n) is 7.63. The van der Waals surface area contributed by atoms with E-state index < -0.39 is 0 Å². The Labute approximate surface area is 140 Å². The second kappa shape index (κ2) is 7.04. The number of hydrogen-bond donors (Lipinski definition) is 1. The molecule has 0 saturated carbocycles. The van der Waals surface area contributed by atoms with Gasteiger partial charge in [0, 0.05) is 18.9 Å². The molecule has 2 heterocycles. The van der Waals surface area contributed by atoms with Crippen molar-refractivity contribution < 1.29 is 14.3 Å². The van der Waals surface area contributed by atoms with Gasteiger partial charge in [-0.3, -0.25) is 4.79 Å². The van der Waals surface area contributed by atoms with Gasteiger partial charge in [0.25, 0.3) is 0 Å². The summed E-state index contributed by atoms with van der Waals surface area (Å²) in [5, 5.41) is 4.09. The van der Waals surface area contributed by atoms with Gasteiger partial charge < -0.3 is 14.0 Å². The summed E-state index contributed by atoms with van der Waals surface area (Å²) < 4.78 is 12.5. The van der Waals surface area contributed by atoms with E-state index in [4.69, 9.17) is 9.47 Å². The van der Waals surface area contributed by atoms with Crippen LogP contribution in [0.2, 0.25) is 0 Å². The van der Waals surface area contributed by atoms with Crippen LogP contribution in [0.4, 0.5) is 0 Å². The van der Waals surface area contributed by atoms with Crippen LogP contribution in [0.15, 0.2) is 47.7 Å². The first-order valence-corrected chi connectivity index (χ1v) is 7.63. The van der Waals surface area contributed by atoms with Gasteiger partial charge in [0.2, 0.25) is 12.7 Å². The summed E-state index contributed by atoms with van der Waals surface area (Å²) in [6.45, 7) is 2.09. The first-order chi connectivity index (χ1) is 11.6. The van der Waals surface area contributed by atoms with Crippen LogP contribution in [0.3, 0.4) is 0 Å². The highest BCUT2D eigenvalue weighted by Gasteiger charge is 2.12. The second-order valence-corrected chi connectivity index (χ2v) is 5.52. The van der Waals surface area contributed by atoms with E-state index in [9.17, 15) is 4.79 Å². The largest absolute Gasteiger partial charge is 0.454 e. The van der Waals surface area contributed by atoms with Crippen molar-refractivity contribution in [1.82, 2.24) is 9.99 Å². The van der Waals surface area contributed by atoms with Gasteiger partial charge in [-0.25, -0.2) is 5.43 Å². The zero-order valence-electron chi connectivity index (χ0n) is 13.7. The predicted octanol–water partition coefficient (Wildman–Crippen LogP) is 2.50. The van der Waals surface area contributed by atoms with Gasteiger partial charge >= 0.3 is 0 Å². The van der Waals surface area contributed by atoms with E-state index in [1.54, 1.807) is 0 Å². The normalized spacial score (nSPS) is 13.5. The monoisotopic (exact) mass is 325 g/mol. The number of amides is 1. The van der Waals surface area contributed by atoms with Crippen LogP contribution in [0, 0.1) is 0 Å². The van der Waals surface area contributed by atoms with Crippen molar-refractivity contribution >= 4 is 17.7 Å². The molecule has 0 fully saturated rings. The maximum absolute atomic E-state index is 11.9. The third kappa shape index (κ3) is 3.84. The minimum Gasteiger partial charge on any atom is -0.454 e. The van der Waals surface area contributed by atoms with Gasteiger partial charge in [-0.1, -0.05) is 12.1 Å². The smallest absolute Gasteiger partial charge is 0.246 e. The van der Waals surface area contributed by atoms with E-state index in [1.807, 2.05) is 67.2 Å². The molecule has 1 aliphatic heterocycles. The maximum atomic E-state index is 11.9. The Morgan fingerprint density at radius 1 is 1.33 bits per heavy atom. The number of fused-ring (bicyclic) bond motifs is 1. The molecule has 2 aromatic rings. The topological polar surface area (TPSA) is 64.8 Å². The van der Waals surface area contributed by atoms with E-state index in [2.05, 4.69) is 10.5 Å². The zero-order chi connectivity index (χ0) is 16.9. The third-order valence-electron chi connectivity index (χ3n) is 3.66. The van der Waals surface area contributed by atoms with Crippen molar-refractivity contribution in [1.29, 1.82) is 0 Å². The van der Waals surface area contributed by atoms with E-state index in [0.717, 1.165) is 22.8 Å². The molecule has 0 aliphatic carbocycles. The molecular weight excluding hydrogens is 306 g/mol. The Balaban J connectivity index is 1.56. The highest BCUT2D eigenvalue weighted by atomic mass is 16.7. The summed E-state index contributed by atoms with van der Waals surface area (Å²) >= 11 is 0. The third-order valence-corrected chi connectivity index (χ3v) is 3.66. The maximum Gasteiger partial charge on any atom is 0.246 e. The number of hydrogen-bond acceptors (Lipinski definition) is 4. The van der Waals surface area contributed by atoms with Crippen molar-refractivity contribution in [3.63, 3.8) is 0 Å². The first kappa shape index (κ1) is 15.9. The molecular formula is C18H19N3O3. The number of aryl methyl sites for hydroxylation is 1. The van der Waals surface area contributed by atoms with Crippen molar-refractivity contribution in [3.8, 4) is 11.5 Å². The molecule has 1 amide bonds. The Hall–Kier alpha value is -3.02. The standard InChI is InChI=1S/C18H19N3O3/c1-13(19-20-18(22)11-15-4-3-9-21(15)2)5-6-14-7-8-16-17(10-14)24-12-23-16/h3-10H,11-12H2,1-2H3,(H,20,22). The van der Waals surface area contributed by atoms with Crippen molar-refractivity contribution in [2.24, 2.45) is 12.1 Å². The number of carbonyl (C=O) groups is 1. The molecule has 0 bridgehead atoms. The minimum absolute atomic E-state index is 0.146. The van der Waals surface area contributed by atoms with Gasteiger partial charge in [-0.15, -0.1) is 0 Å². The molecule has 0 atom stereocenters. The summed E-state index contributed by atoms with van der Waals surface area (Å²) in [6, 6.07) is 9.53. The number of rotatable bonds is 5. The van der Waals surface area contributed by atoms with Crippen LogP contribution in [0.5, 0.6) is 11.5 Å². The Bertz CT molecular complexity index is 806. The number of benzene rings is 1. The van der Waals surface area contributed by atoms with E-state index in [0.29, 0.717) is 12.1 Å². The zero-order valence-corrected chi connectivity index (χ0v) is 13.7. The van der Waals surface area contributed by atoms with Crippen LogP contribution in [-0.4, -0.2) is 23.0 Å². The van der Waals surface area contributed by atoms with Gasteiger partial charge in [-0.2, -0.15) is 5.10 Å². The highest BCUT2D eigenvalue weighted by Crippen LogP contribution is 2.32. The fraction of sp³-hybridized carbons (Fsp3) is 0.222. The number of nitrogens with zero attached hydrogens (tertiary/aromatic N) is 2. The van der Waals surface area contributed by atoms with Crippen LogP contribution in [0.25, 0.3) is 6.08 Å². The average molecular weight is 325 g/mol. The Kier molecular flexibility index (Phi) is 4.65. The minimum atomic E-state index is -0.146. The van der Waals surface area contributed by atoms with Gasteiger partial charge in [-0.05, 0) is 42.8 Å². The molecule has 0 radical (unpaired) electrons. The van der Waals surface area contributed by atoms with Crippen molar-refractivity contribution in [2.75, 3.05) is 6.79 Å². The number of allylic oxidation sites excluding steroid dienone is 1. The summed E-state index contributed by atoms with van der Waals surface area (Å²) in [7, 11) is 1.91. The van der Waals surface area contributed by atoms with Crippen LogP contribution >= 0.6 is 0 Å². The summed E-state index contributed by atoms with van der Waals surface area (Å²) in [5.74, 6) is 1.35. The van der Waals surface area contributed by atoms with Crippen molar-refractivity contribution in [2.45, 2.75) is 13.3 Å². The lowest BCUT2D eigenvalue weighted by Gasteiger charge is -2.02. The molecule has 0 saturated heterocycles. The fourth-order valence-electron chi connectivity index (χ4n) is 2.31. The molecule has 3 rings (SSSR count).